The van der Waals surface area contributed by atoms with Gasteiger partial charge >= 0.3 is 0 Å². The van der Waals surface area contributed by atoms with Crippen molar-refractivity contribution < 1.29 is 4.79 Å². The molecule has 86 valence electrons. The highest BCUT2D eigenvalue weighted by Crippen LogP contribution is 2.29. The lowest BCUT2D eigenvalue weighted by atomic mass is 10.00. The lowest BCUT2D eigenvalue weighted by Gasteiger charge is -2.27. The first kappa shape index (κ1) is 11.1. The Morgan fingerprint density at radius 1 is 1.44 bits per heavy atom. The summed E-state index contributed by atoms with van der Waals surface area (Å²) >= 11 is 0. The van der Waals surface area contributed by atoms with Crippen molar-refractivity contribution in [2.75, 3.05) is 6.54 Å². The van der Waals surface area contributed by atoms with Crippen molar-refractivity contribution in [3.05, 3.63) is 29.6 Å². The average Bonchev–Trinajstić information content (AvgIpc) is 2.54. The molecule has 1 saturated heterocycles. The first-order valence-corrected chi connectivity index (χ1v) is 5.95. The fraction of sp³-hybridized carbons (Fsp3) is 0.538. The number of amides is 1. The van der Waals surface area contributed by atoms with Crippen LogP contribution in [-0.2, 0) is 4.79 Å². The van der Waals surface area contributed by atoms with Gasteiger partial charge in [-0.15, -0.1) is 0 Å². The zero-order valence-electron chi connectivity index (χ0n) is 9.72. The molecule has 0 N–H and O–H groups in total. The van der Waals surface area contributed by atoms with E-state index in [1.807, 2.05) is 17.9 Å². The van der Waals surface area contributed by atoms with Crippen molar-refractivity contribution >= 4 is 6.41 Å². The van der Waals surface area contributed by atoms with E-state index < -0.39 is 0 Å². The monoisotopic (exact) mass is 218 g/mol. The maximum Gasteiger partial charge on any atom is 0.210 e. The molecular formula is C13H18N2O. The van der Waals surface area contributed by atoms with Crippen LogP contribution in [0.4, 0.5) is 0 Å². The lowest BCUT2D eigenvalue weighted by Crippen LogP contribution is -2.27. The van der Waals surface area contributed by atoms with Crippen LogP contribution in [0.5, 0.6) is 0 Å². The molecule has 0 aromatic carbocycles. The highest BCUT2D eigenvalue weighted by molar-refractivity contribution is 5.49. The molecule has 0 saturated carbocycles. The van der Waals surface area contributed by atoms with Crippen molar-refractivity contribution in [2.24, 2.45) is 0 Å². The van der Waals surface area contributed by atoms with Gasteiger partial charge in [-0.25, -0.2) is 0 Å². The number of aryl methyl sites for hydroxylation is 1. The fourth-order valence-electron chi connectivity index (χ4n) is 2.44. The van der Waals surface area contributed by atoms with E-state index in [2.05, 4.69) is 11.1 Å². The maximum atomic E-state index is 11.1. The van der Waals surface area contributed by atoms with Crippen molar-refractivity contribution in [3.8, 4) is 0 Å². The summed E-state index contributed by atoms with van der Waals surface area (Å²) in [4.78, 5) is 17.4. The minimum Gasteiger partial charge on any atom is -0.338 e. The van der Waals surface area contributed by atoms with E-state index in [1.165, 1.54) is 18.4 Å². The van der Waals surface area contributed by atoms with Crippen LogP contribution < -0.4 is 0 Å². The molecule has 0 radical (unpaired) electrons. The Balaban J connectivity index is 2.28. The van der Waals surface area contributed by atoms with Gasteiger partial charge in [0.1, 0.15) is 0 Å². The summed E-state index contributed by atoms with van der Waals surface area (Å²) in [7, 11) is 0. The molecule has 16 heavy (non-hydrogen) atoms. The Morgan fingerprint density at radius 3 is 3.06 bits per heavy atom. The third-order valence-electron chi connectivity index (χ3n) is 3.34. The van der Waals surface area contributed by atoms with Gasteiger partial charge in [0, 0.05) is 18.4 Å². The molecule has 0 bridgehead atoms. The van der Waals surface area contributed by atoms with E-state index in [9.17, 15) is 4.79 Å². The first-order valence-electron chi connectivity index (χ1n) is 5.95. The highest BCUT2D eigenvalue weighted by atomic mass is 16.1. The number of rotatable bonds is 2. The number of pyridine rings is 1. The van der Waals surface area contributed by atoms with Gasteiger partial charge in [-0.2, -0.15) is 0 Å². The van der Waals surface area contributed by atoms with E-state index >= 15 is 0 Å². The molecule has 1 atom stereocenters. The zero-order chi connectivity index (χ0) is 11.4. The largest absolute Gasteiger partial charge is 0.338 e. The molecule has 1 aromatic rings. The number of nitrogens with zero attached hydrogens (tertiary/aromatic N) is 2. The summed E-state index contributed by atoms with van der Waals surface area (Å²) in [5.41, 5.74) is 2.25. The molecule has 1 aromatic heterocycles. The molecule has 1 amide bonds. The van der Waals surface area contributed by atoms with Gasteiger partial charge in [0.25, 0.3) is 0 Å². The van der Waals surface area contributed by atoms with Crippen LogP contribution in [0.1, 0.15) is 43.0 Å². The number of aromatic nitrogens is 1. The smallest absolute Gasteiger partial charge is 0.210 e. The predicted octanol–water partition coefficient (Wildman–Crippen LogP) is 2.46. The van der Waals surface area contributed by atoms with Gasteiger partial charge in [-0.1, -0.05) is 18.9 Å². The van der Waals surface area contributed by atoms with Crippen molar-refractivity contribution in [3.63, 3.8) is 0 Å². The molecule has 0 aliphatic carbocycles. The van der Waals surface area contributed by atoms with E-state index in [-0.39, 0.29) is 6.04 Å². The number of likely N-dealkylation sites (tertiary alicyclic amines) is 1. The van der Waals surface area contributed by atoms with Gasteiger partial charge < -0.3 is 4.90 Å². The van der Waals surface area contributed by atoms with Gasteiger partial charge in [-0.05, 0) is 31.4 Å². The summed E-state index contributed by atoms with van der Waals surface area (Å²) in [6.07, 6.45) is 7.40. The second-order valence-electron chi connectivity index (χ2n) is 4.39. The normalized spacial score (nSPS) is 21.6. The molecule has 0 spiro atoms. The van der Waals surface area contributed by atoms with Crippen LogP contribution in [-0.4, -0.2) is 22.8 Å². The van der Waals surface area contributed by atoms with Crippen molar-refractivity contribution in [2.45, 2.75) is 38.6 Å². The van der Waals surface area contributed by atoms with Gasteiger partial charge in [-0.3, -0.25) is 9.78 Å². The number of carbonyl (C=O) groups excluding carboxylic acids is 1. The van der Waals surface area contributed by atoms with E-state index in [0.29, 0.717) is 0 Å². The Bertz CT molecular complexity index is 365. The molecule has 1 fully saturated rings. The van der Waals surface area contributed by atoms with E-state index in [0.717, 1.165) is 31.5 Å². The minimum atomic E-state index is 0.230. The van der Waals surface area contributed by atoms with Crippen LogP contribution in [0.25, 0.3) is 0 Å². The molecule has 3 nitrogen and oxygen atoms in total. The number of carbonyl (C=O) groups is 1. The SMILES string of the molecule is Cc1ncccc1[C@H]1CCCCCN1C=O. The average molecular weight is 218 g/mol. The highest BCUT2D eigenvalue weighted by Gasteiger charge is 2.22. The van der Waals surface area contributed by atoms with Crippen LogP contribution in [0.3, 0.4) is 0 Å². The van der Waals surface area contributed by atoms with Crippen LogP contribution in [0.2, 0.25) is 0 Å². The Hall–Kier alpha value is -1.38. The number of hydrogen-bond donors (Lipinski definition) is 0. The van der Waals surface area contributed by atoms with Crippen LogP contribution in [0, 0.1) is 6.92 Å². The topological polar surface area (TPSA) is 33.2 Å². The van der Waals surface area contributed by atoms with Crippen LogP contribution >= 0.6 is 0 Å². The minimum absolute atomic E-state index is 0.230. The maximum absolute atomic E-state index is 11.1. The Labute approximate surface area is 96.5 Å². The van der Waals surface area contributed by atoms with E-state index in [4.69, 9.17) is 0 Å². The molecular weight excluding hydrogens is 200 g/mol. The second-order valence-corrected chi connectivity index (χ2v) is 4.39. The summed E-state index contributed by atoms with van der Waals surface area (Å²) in [5, 5.41) is 0. The summed E-state index contributed by atoms with van der Waals surface area (Å²) in [6.45, 7) is 2.89. The molecule has 1 aliphatic heterocycles. The van der Waals surface area contributed by atoms with E-state index in [1.54, 1.807) is 6.20 Å². The zero-order valence-corrected chi connectivity index (χ0v) is 9.72. The second kappa shape index (κ2) is 5.10. The summed E-state index contributed by atoms with van der Waals surface area (Å²) < 4.78 is 0. The fourth-order valence-corrected chi connectivity index (χ4v) is 2.44. The van der Waals surface area contributed by atoms with Crippen molar-refractivity contribution in [1.82, 2.24) is 9.88 Å². The van der Waals surface area contributed by atoms with Crippen molar-refractivity contribution in [1.29, 1.82) is 0 Å². The quantitative estimate of drug-likeness (QED) is 0.714. The number of hydrogen-bond acceptors (Lipinski definition) is 2. The Kier molecular flexibility index (Phi) is 3.54. The summed E-state index contributed by atoms with van der Waals surface area (Å²) in [6, 6.07) is 4.28. The first-order chi connectivity index (χ1) is 7.83. The molecule has 1 aliphatic rings. The molecule has 2 rings (SSSR count). The molecule has 2 heterocycles. The standard InChI is InChI=1S/C13H18N2O/c1-11-12(6-5-8-14-11)13-7-3-2-4-9-15(13)10-16/h5-6,8,10,13H,2-4,7,9H2,1H3/t13-/m1/s1. The third kappa shape index (κ3) is 2.23. The van der Waals surface area contributed by atoms with Crippen LogP contribution in [0.15, 0.2) is 18.3 Å². The Morgan fingerprint density at radius 2 is 2.31 bits per heavy atom. The molecule has 0 unspecified atom stereocenters. The van der Waals surface area contributed by atoms with Gasteiger partial charge in [0.05, 0.1) is 6.04 Å². The molecule has 3 heteroatoms. The lowest BCUT2D eigenvalue weighted by molar-refractivity contribution is -0.120. The van der Waals surface area contributed by atoms with Gasteiger partial charge in [0.15, 0.2) is 0 Å². The predicted molar refractivity (Wildman–Crippen MR) is 63.0 cm³/mol. The summed E-state index contributed by atoms with van der Waals surface area (Å²) in [5.74, 6) is 0. The van der Waals surface area contributed by atoms with Gasteiger partial charge in [0.2, 0.25) is 6.41 Å². The third-order valence-corrected chi connectivity index (χ3v) is 3.34.